The van der Waals surface area contributed by atoms with Crippen molar-refractivity contribution in [3.63, 3.8) is 0 Å². The summed E-state index contributed by atoms with van der Waals surface area (Å²) in [5.41, 5.74) is -0.763. The van der Waals surface area contributed by atoms with Crippen LogP contribution in [0, 0.1) is 5.41 Å². The van der Waals surface area contributed by atoms with Gasteiger partial charge in [0.25, 0.3) is 10.0 Å². The second kappa shape index (κ2) is 7.68. The summed E-state index contributed by atoms with van der Waals surface area (Å²) in [6.07, 6.45) is 0.530. The Hall–Kier alpha value is -1.76. The highest BCUT2D eigenvalue weighted by Crippen LogP contribution is 2.30. The van der Waals surface area contributed by atoms with Crippen molar-refractivity contribution in [1.82, 2.24) is 4.72 Å². The molecule has 0 aliphatic carbocycles. The van der Waals surface area contributed by atoms with E-state index in [9.17, 15) is 13.2 Å². The minimum Gasteiger partial charge on any atom is -0.490 e. The number of hydrogen-bond acceptors (Lipinski definition) is 5. The Morgan fingerprint density at radius 2 is 1.65 bits per heavy atom. The number of carbonyl (C=O) groups is 1. The lowest BCUT2D eigenvalue weighted by Crippen LogP contribution is -2.40. The Kier molecular flexibility index (Phi) is 6.44. The van der Waals surface area contributed by atoms with Gasteiger partial charge in [-0.1, -0.05) is 20.8 Å². The van der Waals surface area contributed by atoms with E-state index in [1.165, 1.54) is 18.2 Å². The predicted octanol–water partition coefficient (Wildman–Crippen LogP) is 2.73. The highest BCUT2D eigenvalue weighted by molar-refractivity contribution is 7.90. The molecule has 0 heterocycles. The average Bonchev–Trinajstić information content (AvgIpc) is 2.48. The molecular weight excluding hydrogens is 318 g/mol. The van der Waals surface area contributed by atoms with Crippen LogP contribution in [0.15, 0.2) is 23.1 Å². The molecule has 1 N–H and O–H groups in total. The standard InChI is InChI=1S/C16H25NO5S/c1-6-16(4,5)15(18)17-23(19,20)12-9-10-13(21-7-2)14(11-12)22-8-3/h9-11H,6-8H2,1-5H3,(H,17,18). The van der Waals surface area contributed by atoms with Gasteiger partial charge < -0.3 is 9.47 Å². The number of sulfonamides is 1. The van der Waals surface area contributed by atoms with Gasteiger partial charge in [-0.3, -0.25) is 4.79 Å². The van der Waals surface area contributed by atoms with E-state index in [1.807, 2.05) is 13.8 Å². The molecule has 0 atom stereocenters. The zero-order valence-corrected chi connectivity index (χ0v) is 15.1. The molecule has 7 heteroatoms. The molecule has 0 spiro atoms. The summed E-state index contributed by atoms with van der Waals surface area (Å²) in [4.78, 5) is 12.1. The minimum absolute atomic E-state index is 0.0374. The van der Waals surface area contributed by atoms with E-state index in [0.717, 1.165) is 0 Å². The van der Waals surface area contributed by atoms with Crippen molar-refractivity contribution in [3.05, 3.63) is 18.2 Å². The lowest BCUT2D eigenvalue weighted by atomic mass is 9.90. The van der Waals surface area contributed by atoms with Gasteiger partial charge in [0, 0.05) is 11.5 Å². The summed E-state index contributed by atoms with van der Waals surface area (Å²) >= 11 is 0. The van der Waals surface area contributed by atoms with Gasteiger partial charge in [0.05, 0.1) is 18.1 Å². The van der Waals surface area contributed by atoms with Gasteiger partial charge in [0.1, 0.15) is 0 Å². The van der Waals surface area contributed by atoms with Crippen LogP contribution >= 0.6 is 0 Å². The highest BCUT2D eigenvalue weighted by atomic mass is 32.2. The molecule has 0 fully saturated rings. The quantitative estimate of drug-likeness (QED) is 0.785. The predicted molar refractivity (Wildman–Crippen MR) is 88.2 cm³/mol. The van der Waals surface area contributed by atoms with E-state index < -0.39 is 21.3 Å². The van der Waals surface area contributed by atoms with Gasteiger partial charge in [-0.05, 0) is 32.4 Å². The molecule has 0 unspecified atom stereocenters. The second-order valence-electron chi connectivity index (χ2n) is 5.65. The number of carbonyl (C=O) groups excluding carboxylic acids is 1. The molecule has 0 radical (unpaired) electrons. The molecule has 0 saturated carbocycles. The van der Waals surface area contributed by atoms with Crippen LogP contribution in [-0.2, 0) is 14.8 Å². The molecule has 1 rings (SSSR count). The van der Waals surface area contributed by atoms with E-state index in [0.29, 0.717) is 31.1 Å². The molecule has 0 aromatic heterocycles. The van der Waals surface area contributed by atoms with Gasteiger partial charge in [-0.25, -0.2) is 13.1 Å². The van der Waals surface area contributed by atoms with Crippen LogP contribution in [0.2, 0.25) is 0 Å². The van der Waals surface area contributed by atoms with Gasteiger partial charge in [0.15, 0.2) is 11.5 Å². The molecule has 130 valence electrons. The lowest BCUT2D eigenvalue weighted by molar-refractivity contribution is -0.127. The van der Waals surface area contributed by atoms with Crippen molar-refractivity contribution < 1.29 is 22.7 Å². The van der Waals surface area contributed by atoms with Gasteiger partial charge >= 0.3 is 0 Å². The number of ether oxygens (including phenoxy) is 2. The number of benzene rings is 1. The Morgan fingerprint density at radius 3 is 2.17 bits per heavy atom. The fourth-order valence-electron chi connectivity index (χ4n) is 1.68. The normalized spacial score (nSPS) is 11.9. The lowest BCUT2D eigenvalue weighted by Gasteiger charge is -2.21. The third kappa shape index (κ3) is 4.86. The molecule has 1 aromatic carbocycles. The summed E-state index contributed by atoms with van der Waals surface area (Å²) in [7, 11) is -3.96. The minimum atomic E-state index is -3.96. The van der Waals surface area contributed by atoms with Crippen molar-refractivity contribution >= 4 is 15.9 Å². The molecule has 1 aromatic rings. The molecular formula is C16H25NO5S. The van der Waals surface area contributed by atoms with E-state index in [2.05, 4.69) is 4.72 Å². The van der Waals surface area contributed by atoms with Gasteiger partial charge in [0.2, 0.25) is 5.91 Å². The Bertz CT molecular complexity index is 652. The van der Waals surface area contributed by atoms with Crippen molar-refractivity contribution in [1.29, 1.82) is 0 Å². The first kappa shape index (κ1) is 19.3. The van der Waals surface area contributed by atoms with Crippen LogP contribution in [0.5, 0.6) is 11.5 Å². The summed E-state index contributed by atoms with van der Waals surface area (Å²) in [5.74, 6) is 0.264. The largest absolute Gasteiger partial charge is 0.490 e. The van der Waals surface area contributed by atoms with Crippen LogP contribution in [-0.4, -0.2) is 27.5 Å². The Morgan fingerprint density at radius 1 is 1.09 bits per heavy atom. The molecule has 1 amide bonds. The molecule has 0 aliphatic rings. The highest BCUT2D eigenvalue weighted by Gasteiger charge is 2.30. The zero-order chi connectivity index (χ0) is 17.7. The molecule has 0 aliphatic heterocycles. The smallest absolute Gasteiger partial charge is 0.264 e. The van der Waals surface area contributed by atoms with Crippen molar-refractivity contribution in [2.24, 2.45) is 5.41 Å². The van der Waals surface area contributed by atoms with E-state index in [1.54, 1.807) is 20.8 Å². The number of amides is 1. The number of rotatable bonds is 8. The first-order chi connectivity index (χ1) is 10.7. The maximum absolute atomic E-state index is 12.4. The van der Waals surface area contributed by atoms with Crippen molar-refractivity contribution in [2.75, 3.05) is 13.2 Å². The fourth-order valence-corrected chi connectivity index (χ4v) is 2.83. The Labute approximate surface area is 138 Å². The molecule has 6 nitrogen and oxygen atoms in total. The molecule has 0 bridgehead atoms. The van der Waals surface area contributed by atoms with Crippen LogP contribution in [0.4, 0.5) is 0 Å². The summed E-state index contributed by atoms with van der Waals surface area (Å²) in [6.45, 7) is 9.65. The summed E-state index contributed by atoms with van der Waals surface area (Å²) in [6, 6.07) is 4.28. The van der Waals surface area contributed by atoms with E-state index in [-0.39, 0.29) is 4.90 Å². The zero-order valence-electron chi connectivity index (χ0n) is 14.3. The SMILES string of the molecule is CCOc1ccc(S(=O)(=O)NC(=O)C(C)(C)CC)cc1OCC. The van der Waals surface area contributed by atoms with Gasteiger partial charge in [-0.15, -0.1) is 0 Å². The maximum atomic E-state index is 12.4. The number of hydrogen-bond donors (Lipinski definition) is 1. The topological polar surface area (TPSA) is 81.7 Å². The van der Waals surface area contributed by atoms with Crippen LogP contribution < -0.4 is 14.2 Å². The van der Waals surface area contributed by atoms with Gasteiger partial charge in [-0.2, -0.15) is 0 Å². The van der Waals surface area contributed by atoms with Crippen LogP contribution in [0.1, 0.15) is 41.0 Å². The van der Waals surface area contributed by atoms with E-state index in [4.69, 9.17) is 9.47 Å². The van der Waals surface area contributed by atoms with Crippen LogP contribution in [0.3, 0.4) is 0 Å². The average molecular weight is 343 g/mol. The maximum Gasteiger partial charge on any atom is 0.264 e. The van der Waals surface area contributed by atoms with Crippen molar-refractivity contribution in [2.45, 2.75) is 45.9 Å². The third-order valence-corrected chi connectivity index (χ3v) is 4.88. The fraction of sp³-hybridized carbons (Fsp3) is 0.562. The molecule has 23 heavy (non-hydrogen) atoms. The summed E-state index contributed by atoms with van der Waals surface area (Å²) in [5, 5.41) is 0. The monoisotopic (exact) mass is 343 g/mol. The Balaban J connectivity index is 3.13. The number of nitrogens with one attached hydrogen (secondary N) is 1. The third-order valence-electron chi connectivity index (χ3n) is 3.55. The first-order valence-corrected chi connectivity index (χ1v) is 9.13. The summed E-state index contributed by atoms with van der Waals surface area (Å²) < 4.78 is 37.7. The van der Waals surface area contributed by atoms with Crippen molar-refractivity contribution in [3.8, 4) is 11.5 Å². The van der Waals surface area contributed by atoms with Crippen LogP contribution in [0.25, 0.3) is 0 Å². The first-order valence-electron chi connectivity index (χ1n) is 7.64. The molecule has 0 saturated heterocycles. The van der Waals surface area contributed by atoms with E-state index >= 15 is 0 Å². The second-order valence-corrected chi connectivity index (χ2v) is 7.33.